The average molecular weight is 361 g/mol. The lowest BCUT2D eigenvalue weighted by Crippen LogP contribution is -2.31. The van der Waals surface area contributed by atoms with E-state index in [9.17, 15) is 9.59 Å². The fraction of sp³-hybridized carbons (Fsp3) is 0.176. The van der Waals surface area contributed by atoms with E-state index in [4.69, 9.17) is 0 Å². The number of ketones is 1. The normalized spacial score (nSPS) is 11.6. The number of hydrogen-bond acceptors (Lipinski definition) is 2. The highest BCUT2D eigenvalue weighted by molar-refractivity contribution is 9.10. The van der Waals surface area contributed by atoms with Crippen LogP contribution in [-0.4, -0.2) is 11.8 Å². The molecule has 0 aromatic heterocycles. The Balaban J connectivity index is 1.98. The molecule has 0 spiro atoms. The van der Waals surface area contributed by atoms with Gasteiger partial charge in [0, 0.05) is 15.7 Å². The van der Waals surface area contributed by atoms with Crippen LogP contribution in [0.1, 0.15) is 35.8 Å². The Hall–Kier alpha value is -2.14. The second kappa shape index (κ2) is 7.22. The molecule has 0 aliphatic heterocycles. The summed E-state index contributed by atoms with van der Waals surface area (Å²) in [5, 5.41) is 5.63. The summed E-state index contributed by atoms with van der Waals surface area (Å²) in [6.45, 7) is 3.42. The van der Waals surface area contributed by atoms with Crippen LogP contribution in [-0.2, 0) is 0 Å². The first-order chi connectivity index (χ1) is 10.5. The minimum Gasteiger partial charge on any atom is -0.331 e. The molecule has 0 radical (unpaired) electrons. The summed E-state index contributed by atoms with van der Waals surface area (Å²) in [6.07, 6.45) is 0. The predicted octanol–water partition coefficient (Wildman–Crippen LogP) is 4.53. The Morgan fingerprint density at radius 2 is 1.68 bits per heavy atom. The van der Waals surface area contributed by atoms with Gasteiger partial charge in [-0.3, -0.25) is 4.79 Å². The highest BCUT2D eigenvalue weighted by Gasteiger charge is 2.12. The lowest BCUT2D eigenvalue weighted by molar-refractivity contribution is 0.101. The SMILES string of the molecule is CC(=O)c1ccc(NC(=O)NC(C)c2ccccc2Br)cc1. The van der Waals surface area contributed by atoms with E-state index in [0.717, 1.165) is 10.0 Å². The summed E-state index contributed by atoms with van der Waals surface area (Å²) in [5.74, 6) is -0.00134. The fourth-order valence-electron chi connectivity index (χ4n) is 2.06. The molecule has 4 nitrogen and oxygen atoms in total. The minimum absolute atomic E-state index is 0.00134. The second-order valence-electron chi connectivity index (χ2n) is 4.98. The molecule has 2 aromatic rings. The third kappa shape index (κ3) is 4.18. The zero-order valence-electron chi connectivity index (χ0n) is 12.4. The highest BCUT2D eigenvalue weighted by Crippen LogP contribution is 2.22. The molecule has 0 aliphatic rings. The average Bonchev–Trinajstić information content (AvgIpc) is 2.48. The lowest BCUT2D eigenvalue weighted by atomic mass is 10.1. The van der Waals surface area contributed by atoms with E-state index in [2.05, 4.69) is 26.6 Å². The van der Waals surface area contributed by atoms with Gasteiger partial charge in [0.15, 0.2) is 5.78 Å². The first-order valence-corrected chi connectivity index (χ1v) is 7.69. The van der Waals surface area contributed by atoms with Gasteiger partial charge >= 0.3 is 6.03 Å². The number of halogens is 1. The summed E-state index contributed by atoms with van der Waals surface area (Å²) in [7, 11) is 0. The van der Waals surface area contributed by atoms with Crippen molar-refractivity contribution in [3.05, 3.63) is 64.1 Å². The molecular weight excluding hydrogens is 344 g/mol. The monoisotopic (exact) mass is 360 g/mol. The fourth-order valence-corrected chi connectivity index (χ4v) is 2.68. The molecule has 2 rings (SSSR count). The smallest absolute Gasteiger partial charge is 0.319 e. The number of carbonyl (C=O) groups excluding carboxylic acids is 2. The topological polar surface area (TPSA) is 58.2 Å². The third-order valence-electron chi connectivity index (χ3n) is 3.27. The zero-order chi connectivity index (χ0) is 16.1. The lowest BCUT2D eigenvalue weighted by Gasteiger charge is -2.16. The molecule has 0 aliphatic carbocycles. The van der Waals surface area contributed by atoms with E-state index in [1.165, 1.54) is 6.92 Å². The van der Waals surface area contributed by atoms with Gasteiger partial charge < -0.3 is 10.6 Å². The van der Waals surface area contributed by atoms with E-state index in [-0.39, 0.29) is 17.9 Å². The molecule has 1 unspecified atom stereocenters. The van der Waals surface area contributed by atoms with E-state index < -0.39 is 0 Å². The van der Waals surface area contributed by atoms with Crippen molar-refractivity contribution in [1.82, 2.24) is 5.32 Å². The molecular formula is C17H17BrN2O2. The number of amides is 2. The summed E-state index contributed by atoms with van der Waals surface area (Å²) in [6, 6.07) is 14.1. The number of anilines is 1. The Morgan fingerprint density at radius 1 is 1.05 bits per heavy atom. The Labute approximate surface area is 138 Å². The minimum atomic E-state index is -0.293. The molecule has 5 heteroatoms. The van der Waals surface area contributed by atoms with Crippen LogP contribution in [0.5, 0.6) is 0 Å². The van der Waals surface area contributed by atoms with Gasteiger partial charge in [-0.2, -0.15) is 0 Å². The maximum Gasteiger partial charge on any atom is 0.319 e. The maximum absolute atomic E-state index is 12.0. The van der Waals surface area contributed by atoms with E-state index in [1.807, 2.05) is 31.2 Å². The molecule has 0 bridgehead atoms. The first-order valence-electron chi connectivity index (χ1n) is 6.90. The van der Waals surface area contributed by atoms with E-state index >= 15 is 0 Å². The number of benzene rings is 2. The molecule has 1 atom stereocenters. The van der Waals surface area contributed by atoms with Gasteiger partial charge in [-0.15, -0.1) is 0 Å². The molecule has 0 saturated heterocycles. The Bertz CT molecular complexity index is 683. The largest absolute Gasteiger partial charge is 0.331 e. The van der Waals surface area contributed by atoms with Crippen LogP contribution >= 0.6 is 15.9 Å². The van der Waals surface area contributed by atoms with Crippen LogP contribution in [0, 0.1) is 0 Å². The van der Waals surface area contributed by atoms with Crippen LogP contribution in [0.3, 0.4) is 0 Å². The van der Waals surface area contributed by atoms with Crippen LogP contribution in [0.2, 0.25) is 0 Å². The standard InChI is InChI=1S/C17H17BrN2O2/c1-11(15-5-3-4-6-16(15)18)19-17(22)20-14-9-7-13(8-10-14)12(2)21/h3-11H,1-2H3,(H2,19,20,22). The van der Waals surface area contributed by atoms with Crippen LogP contribution in [0.15, 0.2) is 53.0 Å². The number of hydrogen-bond donors (Lipinski definition) is 2. The van der Waals surface area contributed by atoms with Gasteiger partial charge in [0.2, 0.25) is 0 Å². The molecule has 2 amide bonds. The molecule has 22 heavy (non-hydrogen) atoms. The molecule has 0 saturated carbocycles. The summed E-state index contributed by atoms with van der Waals surface area (Å²) >= 11 is 3.47. The molecule has 2 N–H and O–H groups in total. The zero-order valence-corrected chi connectivity index (χ0v) is 14.0. The number of rotatable bonds is 4. The molecule has 0 heterocycles. The summed E-state index contributed by atoms with van der Waals surface area (Å²) in [4.78, 5) is 23.2. The maximum atomic E-state index is 12.0. The van der Waals surface area contributed by atoms with E-state index in [0.29, 0.717) is 11.3 Å². The van der Waals surface area contributed by atoms with E-state index in [1.54, 1.807) is 24.3 Å². The van der Waals surface area contributed by atoms with Crippen molar-refractivity contribution in [3.8, 4) is 0 Å². The van der Waals surface area contributed by atoms with Crippen molar-refractivity contribution in [1.29, 1.82) is 0 Å². The number of urea groups is 1. The van der Waals surface area contributed by atoms with Gasteiger partial charge in [-0.1, -0.05) is 34.1 Å². The van der Waals surface area contributed by atoms with Gasteiger partial charge in [-0.25, -0.2) is 4.79 Å². The van der Waals surface area contributed by atoms with Gasteiger partial charge in [0.05, 0.1) is 6.04 Å². The predicted molar refractivity (Wildman–Crippen MR) is 91.2 cm³/mol. The Morgan fingerprint density at radius 3 is 2.27 bits per heavy atom. The quantitative estimate of drug-likeness (QED) is 0.786. The molecule has 2 aromatic carbocycles. The van der Waals surface area contributed by atoms with Crippen molar-refractivity contribution in [3.63, 3.8) is 0 Å². The molecule has 0 fully saturated rings. The second-order valence-corrected chi connectivity index (χ2v) is 5.83. The van der Waals surface area contributed by atoms with Crippen LogP contribution in [0.25, 0.3) is 0 Å². The van der Waals surface area contributed by atoms with Crippen molar-refractivity contribution in [2.24, 2.45) is 0 Å². The van der Waals surface area contributed by atoms with Crippen molar-refractivity contribution in [2.75, 3.05) is 5.32 Å². The van der Waals surface area contributed by atoms with Gasteiger partial charge in [-0.05, 0) is 49.7 Å². The van der Waals surface area contributed by atoms with Crippen molar-refractivity contribution < 1.29 is 9.59 Å². The summed E-state index contributed by atoms with van der Waals surface area (Å²) in [5.41, 5.74) is 2.26. The first kappa shape index (κ1) is 16.2. The number of carbonyl (C=O) groups is 2. The number of nitrogens with one attached hydrogen (secondary N) is 2. The Kier molecular flexibility index (Phi) is 5.33. The van der Waals surface area contributed by atoms with Gasteiger partial charge in [0.25, 0.3) is 0 Å². The molecule has 114 valence electrons. The van der Waals surface area contributed by atoms with Crippen LogP contribution < -0.4 is 10.6 Å². The third-order valence-corrected chi connectivity index (χ3v) is 3.99. The van der Waals surface area contributed by atoms with Crippen molar-refractivity contribution in [2.45, 2.75) is 19.9 Å². The van der Waals surface area contributed by atoms with Gasteiger partial charge in [0.1, 0.15) is 0 Å². The van der Waals surface area contributed by atoms with Crippen molar-refractivity contribution >= 4 is 33.4 Å². The van der Waals surface area contributed by atoms with Crippen LogP contribution in [0.4, 0.5) is 10.5 Å². The number of Topliss-reactive ketones (excluding diaryl/α,β-unsaturated/α-hetero) is 1. The summed E-state index contributed by atoms with van der Waals surface area (Å²) < 4.78 is 0.952. The highest BCUT2D eigenvalue weighted by atomic mass is 79.9.